The van der Waals surface area contributed by atoms with Crippen LogP contribution in [0, 0.1) is 13.8 Å². The van der Waals surface area contributed by atoms with Gasteiger partial charge in [-0.05, 0) is 107 Å². The van der Waals surface area contributed by atoms with Gasteiger partial charge in [0.15, 0.2) is 0 Å². The molecule has 0 fully saturated rings. The van der Waals surface area contributed by atoms with Crippen molar-refractivity contribution < 1.29 is 0 Å². The van der Waals surface area contributed by atoms with Crippen LogP contribution < -0.4 is 0 Å². The summed E-state index contributed by atoms with van der Waals surface area (Å²) in [5.74, 6) is 0. The van der Waals surface area contributed by atoms with Crippen molar-refractivity contribution in [2.24, 2.45) is 0 Å². The van der Waals surface area contributed by atoms with Crippen LogP contribution in [0.25, 0.3) is 22.3 Å². The van der Waals surface area contributed by atoms with E-state index in [2.05, 4.69) is 126 Å². The van der Waals surface area contributed by atoms with Crippen molar-refractivity contribution in [3.05, 3.63) is 118 Å². The minimum atomic E-state index is 0.0292. The van der Waals surface area contributed by atoms with Gasteiger partial charge >= 0.3 is 0 Å². The van der Waals surface area contributed by atoms with Gasteiger partial charge in [0.25, 0.3) is 0 Å². The lowest BCUT2D eigenvalue weighted by Crippen LogP contribution is -2.42. The van der Waals surface area contributed by atoms with Gasteiger partial charge in [0, 0.05) is 10.8 Å². The largest absolute Gasteiger partial charge is 0.0642 e. The summed E-state index contributed by atoms with van der Waals surface area (Å²) in [5.41, 5.74) is 14.3. The normalized spacial score (nSPS) is 15.3. The second kappa shape index (κ2) is 9.40. The third-order valence-electron chi connectivity index (χ3n) is 9.43. The molecular formula is C36H40. The molecule has 0 atom stereocenters. The maximum atomic E-state index is 2.54. The fourth-order valence-electron chi connectivity index (χ4n) is 7.16. The number of benzene rings is 4. The summed E-state index contributed by atoms with van der Waals surface area (Å²) < 4.78 is 0. The van der Waals surface area contributed by atoms with Gasteiger partial charge < -0.3 is 0 Å². The van der Waals surface area contributed by atoms with Crippen LogP contribution in [0.1, 0.15) is 86.8 Å². The summed E-state index contributed by atoms with van der Waals surface area (Å²) in [7, 11) is 0. The first-order valence-electron chi connectivity index (χ1n) is 13.9. The highest BCUT2D eigenvalue weighted by Gasteiger charge is 2.47. The van der Waals surface area contributed by atoms with Crippen LogP contribution in [0.2, 0.25) is 0 Å². The van der Waals surface area contributed by atoms with Crippen molar-refractivity contribution in [2.45, 2.75) is 78.1 Å². The number of hydrogen-bond donors (Lipinski definition) is 0. The molecule has 0 saturated carbocycles. The van der Waals surface area contributed by atoms with Crippen LogP contribution in [-0.4, -0.2) is 0 Å². The molecule has 0 saturated heterocycles. The van der Waals surface area contributed by atoms with E-state index in [4.69, 9.17) is 0 Å². The zero-order chi connectivity index (χ0) is 25.5. The molecule has 1 aliphatic carbocycles. The van der Waals surface area contributed by atoms with Crippen LogP contribution >= 0.6 is 0 Å². The molecule has 0 aliphatic heterocycles. The smallest absolute Gasteiger partial charge is 0.0204 e. The molecule has 0 aromatic heterocycles. The lowest BCUT2D eigenvalue weighted by Gasteiger charge is -2.49. The Balaban J connectivity index is 1.82. The number of fused-ring (bicyclic) bond motifs is 2. The van der Waals surface area contributed by atoms with Crippen molar-refractivity contribution in [2.75, 3.05) is 0 Å². The molecule has 36 heavy (non-hydrogen) atoms. The molecule has 0 amide bonds. The topological polar surface area (TPSA) is 0 Å². The molecular weight excluding hydrogens is 432 g/mol. The quantitative estimate of drug-likeness (QED) is 0.262. The maximum Gasteiger partial charge on any atom is 0.0204 e. The first-order chi connectivity index (χ1) is 17.5. The van der Waals surface area contributed by atoms with Gasteiger partial charge in [0.2, 0.25) is 0 Å². The fraction of sp³-hybridized carbons (Fsp3) is 0.333. The molecule has 0 radical (unpaired) electrons. The average Bonchev–Trinajstić information content (AvgIpc) is 2.92. The van der Waals surface area contributed by atoms with Gasteiger partial charge in [0.05, 0.1) is 0 Å². The van der Waals surface area contributed by atoms with Gasteiger partial charge in [-0.3, -0.25) is 0 Å². The third kappa shape index (κ3) is 3.49. The van der Waals surface area contributed by atoms with Crippen molar-refractivity contribution in [1.29, 1.82) is 0 Å². The molecule has 4 aromatic carbocycles. The maximum absolute atomic E-state index is 2.54. The Labute approximate surface area is 218 Å². The van der Waals surface area contributed by atoms with E-state index in [1.807, 2.05) is 0 Å². The molecule has 1 aliphatic rings. The molecule has 4 aromatic rings. The van der Waals surface area contributed by atoms with Crippen molar-refractivity contribution in [3.63, 3.8) is 0 Å². The summed E-state index contributed by atoms with van der Waals surface area (Å²) >= 11 is 0. The molecule has 0 bridgehead atoms. The molecule has 0 unspecified atom stereocenters. The van der Waals surface area contributed by atoms with Crippen LogP contribution in [0.15, 0.2) is 84.9 Å². The van der Waals surface area contributed by atoms with E-state index < -0.39 is 0 Å². The third-order valence-corrected chi connectivity index (χ3v) is 9.43. The summed E-state index contributed by atoms with van der Waals surface area (Å²) in [6, 6.07) is 32.4. The Kier molecular flexibility index (Phi) is 6.41. The SMILES string of the molecule is CCC1(CC)c2ccc(-c3ccccc3C)cc2C(CC)(CC)c2ccc(-c3ccccc3C)cc21. The van der Waals surface area contributed by atoms with E-state index in [1.165, 1.54) is 33.4 Å². The summed E-state index contributed by atoms with van der Waals surface area (Å²) in [6.45, 7) is 14.0. The summed E-state index contributed by atoms with van der Waals surface area (Å²) in [5, 5.41) is 0. The predicted molar refractivity (Wildman–Crippen MR) is 156 cm³/mol. The van der Waals surface area contributed by atoms with Crippen LogP contribution in [-0.2, 0) is 10.8 Å². The van der Waals surface area contributed by atoms with Crippen LogP contribution in [0.3, 0.4) is 0 Å². The first-order valence-corrected chi connectivity index (χ1v) is 13.9. The van der Waals surface area contributed by atoms with Crippen molar-refractivity contribution in [3.8, 4) is 22.3 Å². The summed E-state index contributed by atoms with van der Waals surface area (Å²) in [6.07, 6.45) is 4.42. The number of rotatable bonds is 6. The van der Waals surface area contributed by atoms with Gasteiger partial charge in [-0.15, -0.1) is 0 Å². The molecule has 0 N–H and O–H groups in total. The predicted octanol–water partition coefficient (Wildman–Crippen LogP) is 10.2. The molecule has 0 spiro atoms. The zero-order valence-electron chi connectivity index (χ0n) is 22.9. The second-order valence-corrected chi connectivity index (χ2v) is 10.7. The lowest BCUT2D eigenvalue weighted by atomic mass is 9.54. The Morgan fingerprint density at radius 3 is 1.14 bits per heavy atom. The van der Waals surface area contributed by atoms with Gasteiger partial charge in [-0.2, -0.15) is 0 Å². The Hall–Kier alpha value is -3.12. The highest BCUT2D eigenvalue weighted by atomic mass is 14.5. The van der Waals surface area contributed by atoms with E-state index in [0.29, 0.717) is 0 Å². The minimum Gasteiger partial charge on any atom is -0.0642 e. The van der Waals surface area contributed by atoms with E-state index in [1.54, 1.807) is 22.3 Å². The van der Waals surface area contributed by atoms with E-state index in [-0.39, 0.29) is 10.8 Å². The second-order valence-electron chi connectivity index (χ2n) is 10.7. The fourth-order valence-corrected chi connectivity index (χ4v) is 7.16. The van der Waals surface area contributed by atoms with Crippen LogP contribution in [0.5, 0.6) is 0 Å². The van der Waals surface area contributed by atoms with E-state index in [0.717, 1.165) is 25.7 Å². The van der Waals surface area contributed by atoms with Gasteiger partial charge in [-0.1, -0.05) is 100 Å². The molecule has 0 nitrogen and oxygen atoms in total. The monoisotopic (exact) mass is 472 g/mol. The lowest BCUT2D eigenvalue weighted by molar-refractivity contribution is 0.388. The molecule has 5 rings (SSSR count). The highest BCUT2D eigenvalue weighted by Crippen LogP contribution is 2.56. The van der Waals surface area contributed by atoms with Crippen LogP contribution in [0.4, 0.5) is 0 Å². The summed E-state index contributed by atoms with van der Waals surface area (Å²) in [4.78, 5) is 0. The Morgan fingerprint density at radius 2 is 0.806 bits per heavy atom. The Bertz CT molecular complexity index is 1290. The van der Waals surface area contributed by atoms with Gasteiger partial charge in [-0.25, -0.2) is 0 Å². The van der Waals surface area contributed by atoms with E-state index in [9.17, 15) is 0 Å². The number of hydrogen-bond acceptors (Lipinski definition) is 0. The standard InChI is InChI=1S/C36H40/c1-7-35(8-2)31-21-19-28(30-18-14-12-16-26(30)6)24-34(31)36(9-3,10-4)32-22-20-27(23-33(32)35)29-17-13-11-15-25(29)5/h11-24H,7-10H2,1-6H3. The number of aryl methyl sites for hydroxylation is 2. The molecule has 0 heterocycles. The first kappa shape index (κ1) is 24.6. The van der Waals surface area contributed by atoms with Crippen molar-refractivity contribution in [1.82, 2.24) is 0 Å². The van der Waals surface area contributed by atoms with Gasteiger partial charge in [0.1, 0.15) is 0 Å². The highest BCUT2D eigenvalue weighted by molar-refractivity contribution is 5.74. The zero-order valence-corrected chi connectivity index (χ0v) is 22.9. The minimum absolute atomic E-state index is 0.0292. The molecule has 0 heteroatoms. The van der Waals surface area contributed by atoms with Crippen molar-refractivity contribution >= 4 is 0 Å². The average molecular weight is 473 g/mol. The van der Waals surface area contributed by atoms with E-state index >= 15 is 0 Å². The molecule has 184 valence electrons. The Morgan fingerprint density at radius 1 is 0.444 bits per heavy atom.